The average molecular weight is 373 g/mol. The highest BCUT2D eigenvalue weighted by molar-refractivity contribution is 7.80. The molecule has 0 aliphatic rings. The highest BCUT2D eigenvalue weighted by Gasteiger charge is 2.18. The first-order valence-corrected chi connectivity index (χ1v) is 8.56. The van der Waals surface area contributed by atoms with Gasteiger partial charge in [0.25, 0.3) is 0 Å². The number of thiophene rings is 1. The lowest BCUT2D eigenvalue weighted by molar-refractivity contribution is 0.0602. The molecule has 0 aliphatic heterocycles. The summed E-state index contributed by atoms with van der Waals surface area (Å²) in [5.41, 5.74) is 4.49. The zero-order valence-corrected chi connectivity index (χ0v) is 14.9. The smallest absolute Gasteiger partial charge is 0.340 e. The molecule has 7 nitrogen and oxygen atoms in total. The van der Waals surface area contributed by atoms with Crippen molar-refractivity contribution >= 4 is 39.6 Å². The van der Waals surface area contributed by atoms with Crippen LogP contribution in [0.3, 0.4) is 0 Å². The summed E-state index contributed by atoms with van der Waals surface area (Å²) in [7, 11) is 1.36. The number of hydrogen-bond donors (Lipinski definition) is 2. The fraction of sp³-hybridized carbons (Fsp3) is 0.125. The number of nitrogens with one attached hydrogen (secondary N) is 2. The van der Waals surface area contributed by atoms with Crippen LogP contribution >= 0.6 is 23.6 Å². The van der Waals surface area contributed by atoms with Crippen molar-refractivity contribution in [1.29, 1.82) is 0 Å². The second-order valence-electron chi connectivity index (χ2n) is 5.04. The van der Waals surface area contributed by atoms with E-state index in [1.165, 1.54) is 35.8 Å². The Labute approximate surface area is 153 Å². The SMILES string of the molecule is COC(=O)c1cc(Cc2ccccc2)sc1NC(=S)Nn1cnnc1. The molecule has 9 heteroatoms. The number of carbonyl (C=O) groups is 1. The summed E-state index contributed by atoms with van der Waals surface area (Å²) in [6.45, 7) is 0. The van der Waals surface area contributed by atoms with Crippen LogP contribution < -0.4 is 10.7 Å². The number of ether oxygens (including phenoxy) is 1. The molecule has 0 saturated heterocycles. The standard InChI is InChI=1S/C16H15N5O2S2/c1-23-15(22)13-8-12(7-11-5-3-2-4-6-11)25-14(13)19-16(24)20-21-9-17-18-10-21/h2-6,8-10H,7H2,1H3,(H2,19,20,24). The average Bonchev–Trinajstić information content (AvgIpc) is 3.25. The third-order valence-electron chi connectivity index (χ3n) is 3.29. The van der Waals surface area contributed by atoms with Gasteiger partial charge in [-0.25, -0.2) is 9.47 Å². The number of anilines is 1. The summed E-state index contributed by atoms with van der Waals surface area (Å²) in [5, 5.41) is 11.3. The monoisotopic (exact) mass is 373 g/mol. The van der Waals surface area contributed by atoms with Crippen LogP contribution in [0, 0.1) is 0 Å². The second kappa shape index (κ2) is 7.86. The Bertz CT molecular complexity index is 862. The van der Waals surface area contributed by atoms with E-state index in [1.807, 2.05) is 36.4 Å². The van der Waals surface area contributed by atoms with Crippen LogP contribution in [0.5, 0.6) is 0 Å². The Morgan fingerprint density at radius 2 is 2.00 bits per heavy atom. The van der Waals surface area contributed by atoms with Crippen molar-refractivity contribution in [2.24, 2.45) is 0 Å². The van der Waals surface area contributed by atoms with Gasteiger partial charge in [0.05, 0.1) is 12.7 Å². The van der Waals surface area contributed by atoms with E-state index < -0.39 is 5.97 Å². The van der Waals surface area contributed by atoms with E-state index in [2.05, 4.69) is 20.9 Å². The van der Waals surface area contributed by atoms with Crippen molar-refractivity contribution in [1.82, 2.24) is 14.9 Å². The van der Waals surface area contributed by atoms with E-state index in [-0.39, 0.29) is 0 Å². The number of esters is 1. The molecule has 2 aromatic heterocycles. The third kappa shape index (κ3) is 4.40. The lowest BCUT2D eigenvalue weighted by Gasteiger charge is -2.09. The lowest BCUT2D eigenvalue weighted by atomic mass is 10.1. The van der Waals surface area contributed by atoms with Gasteiger partial charge in [-0.15, -0.1) is 21.5 Å². The largest absolute Gasteiger partial charge is 0.465 e. The number of benzene rings is 1. The highest BCUT2D eigenvalue weighted by atomic mass is 32.1. The molecule has 3 aromatic rings. The maximum Gasteiger partial charge on any atom is 0.340 e. The Kier molecular flexibility index (Phi) is 5.36. The normalized spacial score (nSPS) is 10.3. The summed E-state index contributed by atoms with van der Waals surface area (Å²) in [4.78, 5) is 13.1. The van der Waals surface area contributed by atoms with Gasteiger partial charge >= 0.3 is 5.97 Å². The van der Waals surface area contributed by atoms with Crippen LogP contribution in [-0.4, -0.2) is 33.1 Å². The molecule has 25 heavy (non-hydrogen) atoms. The molecular weight excluding hydrogens is 358 g/mol. The number of thiocarbonyl (C=S) groups is 1. The molecule has 1 aromatic carbocycles. The molecule has 0 bridgehead atoms. The number of aromatic nitrogens is 3. The van der Waals surface area contributed by atoms with E-state index in [0.717, 1.165) is 16.9 Å². The molecule has 0 atom stereocenters. The van der Waals surface area contributed by atoms with Gasteiger partial charge in [0.2, 0.25) is 0 Å². The molecule has 0 radical (unpaired) electrons. The van der Waals surface area contributed by atoms with Gasteiger partial charge in [0.1, 0.15) is 17.7 Å². The fourth-order valence-electron chi connectivity index (χ4n) is 2.19. The molecule has 2 heterocycles. The Hall–Kier alpha value is -2.78. The first kappa shape index (κ1) is 17.1. The van der Waals surface area contributed by atoms with Gasteiger partial charge in [0.15, 0.2) is 5.11 Å². The van der Waals surface area contributed by atoms with Crippen LogP contribution in [-0.2, 0) is 11.2 Å². The first-order chi connectivity index (χ1) is 12.2. The molecule has 0 spiro atoms. The molecule has 3 rings (SSSR count). The predicted molar refractivity (Wildman–Crippen MR) is 101 cm³/mol. The summed E-state index contributed by atoms with van der Waals surface area (Å²) in [5.74, 6) is -0.412. The number of hydrogen-bond acceptors (Lipinski definition) is 6. The summed E-state index contributed by atoms with van der Waals surface area (Å²) in [6.07, 6.45) is 3.68. The summed E-state index contributed by atoms with van der Waals surface area (Å²) >= 11 is 6.72. The molecule has 0 aliphatic carbocycles. The van der Waals surface area contributed by atoms with Crippen LogP contribution in [0.25, 0.3) is 0 Å². The summed E-state index contributed by atoms with van der Waals surface area (Å²) in [6, 6.07) is 11.9. The molecule has 0 fully saturated rings. The van der Waals surface area contributed by atoms with Gasteiger partial charge in [-0.3, -0.25) is 5.43 Å². The van der Waals surface area contributed by atoms with Crippen molar-refractivity contribution in [3.05, 3.63) is 65.1 Å². The van der Waals surface area contributed by atoms with Crippen molar-refractivity contribution in [2.75, 3.05) is 17.9 Å². The van der Waals surface area contributed by atoms with Crippen molar-refractivity contribution in [3.8, 4) is 0 Å². The van der Waals surface area contributed by atoms with Gasteiger partial charge in [-0.2, -0.15) is 0 Å². The van der Waals surface area contributed by atoms with Crippen LogP contribution in [0.2, 0.25) is 0 Å². The maximum absolute atomic E-state index is 12.1. The summed E-state index contributed by atoms with van der Waals surface area (Å²) < 4.78 is 6.37. The van der Waals surface area contributed by atoms with Gasteiger partial charge < -0.3 is 10.1 Å². The van der Waals surface area contributed by atoms with E-state index in [4.69, 9.17) is 17.0 Å². The van der Waals surface area contributed by atoms with Crippen LogP contribution in [0.1, 0.15) is 20.8 Å². The lowest BCUT2D eigenvalue weighted by Crippen LogP contribution is -2.26. The zero-order valence-electron chi connectivity index (χ0n) is 13.3. The number of methoxy groups -OCH3 is 1. The Morgan fingerprint density at radius 1 is 1.28 bits per heavy atom. The molecule has 2 N–H and O–H groups in total. The minimum Gasteiger partial charge on any atom is -0.465 e. The van der Waals surface area contributed by atoms with E-state index in [1.54, 1.807) is 0 Å². The maximum atomic E-state index is 12.1. The van der Waals surface area contributed by atoms with Crippen molar-refractivity contribution in [3.63, 3.8) is 0 Å². The zero-order chi connectivity index (χ0) is 17.6. The second-order valence-corrected chi connectivity index (χ2v) is 6.59. The van der Waals surface area contributed by atoms with Crippen molar-refractivity contribution < 1.29 is 9.53 Å². The molecule has 0 unspecified atom stereocenters. The van der Waals surface area contributed by atoms with E-state index >= 15 is 0 Å². The molecular formula is C16H15N5O2S2. The van der Waals surface area contributed by atoms with Crippen LogP contribution in [0.4, 0.5) is 5.00 Å². The highest BCUT2D eigenvalue weighted by Crippen LogP contribution is 2.30. The number of nitrogens with zero attached hydrogens (tertiary/aromatic N) is 3. The molecule has 128 valence electrons. The minimum atomic E-state index is -0.412. The molecule has 0 amide bonds. The quantitative estimate of drug-likeness (QED) is 0.526. The van der Waals surface area contributed by atoms with Gasteiger partial charge in [-0.1, -0.05) is 30.3 Å². The number of rotatable bonds is 5. The Morgan fingerprint density at radius 3 is 2.68 bits per heavy atom. The fourth-order valence-corrected chi connectivity index (χ4v) is 3.54. The predicted octanol–water partition coefficient (Wildman–Crippen LogP) is 2.66. The topological polar surface area (TPSA) is 81.1 Å². The minimum absolute atomic E-state index is 0.318. The third-order valence-corrected chi connectivity index (χ3v) is 4.53. The van der Waals surface area contributed by atoms with Crippen molar-refractivity contribution in [2.45, 2.75) is 6.42 Å². The van der Waals surface area contributed by atoms with E-state index in [0.29, 0.717) is 15.7 Å². The van der Waals surface area contributed by atoms with Gasteiger partial charge in [-0.05, 0) is 23.8 Å². The molecule has 0 saturated carbocycles. The van der Waals surface area contributed by atoms with Crippen LogP contribution in [0.15, 0.2) is 49.1 Å². The van der Waals surface area contributed by atoms with Gasteiger partial charge in [0, 0.05) is 11.3 Å². The van der Waals surface area contributed by atoms with E-state index in [9.17, 15) is 4.79 Å². The number of carbonyl (C=O) groups excluding carboxylic acids is 1. The first-order valence-electron chi connectivity index (χ1n) is 7.33. The Balaban J connectivity index is 1.78.